The van der Waals surface area contributed by atoms with Crippen molar-refractivity contribution in [1.29, 1.82) is 0 Å². The number of anilines is 1. The average molecular weight is 489 g/mol. The summed E-state index contributed by atoms with van der Waals surface area (Å²) in [6.45, 7) is 1.64. The van der Waals surface area contributed by atoms with Gasteiger partial charge in [-0.15, -0.1) is 11.3 Å². The van der Waals surface area contributed by atoms with E-state index in [0.29, 0.717) is 16.3 Å². The van der Waals surface area contributed by atoms with Crippen LogP contribution in [0.15, 0.2) is 54.6 Å². The van der Waals surface area contributed by atoms with Gasteiger partial charge in [0.15, 0.2) is 0 Å². The predicted molar refractivity (Wildman–Crippen MR) is 131 cm³/mol. The van der Waals surface area contributed by atoms with Crippen LogP contribution in [0.1, 0.15) is 32.9 Å². The number of hydrogen-bond acceptors (Lipinski definition) is 4. The molecule has 0 spiro atoms. The van der Waals surface area contributed by atoms with Crippen LogP contribution < -0.4 is 4.90 Å². The van der Waals surface area contributed by atoms with Crippen LogP contribution in [0.3, 0.4) is 0 Å². The van der Waals surface area contributed by atoms with Gasteiger partial charge >= 0.3 is 5.97 Å². The van der Waals surface area contributed by atoms with Crippen molar-refractivity contribution in [2.75, 3.05) is 25.0 Å². The lowest BCUT2D eigenvalue weighted by molar-refractivity contribution is 0.0702. The zero-order valence-corrected chi connectivity index (χ0v) is 19.8. The number of carboxylic acid groups (broad SMARTS) is 1. The van der Waals surface area contributed by atoms with Crippen molar-refractivity contribution in [3.63, 3.8) is 0 Å². The third-order valence-electron chi connectivity index (χ3n) is 5.66. The van der Waals surface area contributed by atoms with Crippen LogP contribution in [0.4, 0.5) is 5.69 Å². The molecule has 1 saturated heterocycles. The lowest BCUT2D eigenvalue weighted by Crippen LogP contribution is -2.47. The molecule has 1 aliphatic heterocycles. The summed E-state index contributed by atoms with van der Waals surface area (Å²) in [7, 11) is 2.04. The number of carbonyl (C=O) groups is 2. The molecule has 4 rings (SSSR count). The fourth-order valence-corrected chi connectivity index (χ4v) is 5.46. The number of amides is 1. The minimum Gasteiger partial charge on any atom is -0.477 e. The molecule has 8 heteroatoms. The van der Waals surface area contributed by atoms with Crippen molar-refractivity contribution in [2.45, 2.75) is 18.9 Å². The summed E-state index contributed by atoms with van der Waals surface area (Å²) in [5.41, 5.74) is 1.62. The molecule has 1 N–H and O–H groups in total. The Balaban J connectivity index is 1.83. The first-order chi connectivity index (χ1) is 15.3. The van der Waals surface area contributed by atoms with Crippen LogP contribution >= 0.6 is 34.5 Å². The number of carbonyl (C=O) groups excluding carboxylic acids is 1. The van der Waals surface area contributed by atoms with Gasteiger partial charge in [-0.3, -0.25) is 4.79 Å². The quantitative estimate of drug-likeness (QED) is 0.466. The molecule has 166 valence electrons. The van der Waals surface area contributed by atoms with Crippen molar-refractivity contribution >= 4 is 52.1 Å². The number of rotatable bonds is 5. The molecule has 0 radical (unpaired) electrons. The van der Waals surface area contributed by atoms with Gasteiger partial charge < -0.3 is 14.9 Å². The molecule has 3 aromatic rings. The molecular weight excluding hydrogens is 467 g/mol. The van der Waals surface area contributed by atoms with E-state index in [0.717, 1.165) is 36.4 Å². The molecule has 0 aliphatic carbocycles. The number of benzene rings is 2. The maximum absolute atomic E-state index is 13.8. The molecular formula is C24H22Cl2N2O3S. The van der Waals surface area contributed by atoms with E-state index in [9.17, 15) is 14.7 Å². The van der Waals surface area contributed by atoms with E-state index < -0.39 is 5.97 Å². The highest BCUT2D eigenvalue weighted by Gasteiger charge is 2.34. The number of carboxylic acids is 1. The first-order valence-electron chi connectivity index (χ1n) is 10.2. The molecule has 0 unspecified atom stereocenters. The van der Waals surface area contributed by atoms with Gasteiger partial charge in [-0.1, -0.05) is 53.5 Å². The van der Waals surface area contributed by atoms with E-state index in [-0.39, 0.29) is 21.8 Å². The summed E-state index contributed by atoms with van der Waals surface area (Å²) < 4.78 is 0. The SMILES string of the molecule is CN1CCC(N(C(=O)c2ccc(Cl)cc2Cl)c2cc(-c3ccccc3)sc2C(=O)O)CC1. The fourth-order valence-electron chi connectivity index (χ4n) is 3.98. The molecule has 0 saturated carbocycles. The summed E-state index contributed by atoms with van der Waals surface area (Å²) in [6, 6.07) is 16.0. The van der Waals surface area contributed by atoms with Crippen LogP contribution in [0.2, 0.25) is 10.0 Å². The molecule has 2 aromatic carbocycles. The highest BCUT2D eigenvalue weighted by Crippen LogP contribution is 2.40. The normalized spacial score (nSPS) is 15.0. The maximum atomic E-state index is 13.8. The summed E-state index contributed by atoms with van der Waals surface area (Å²) in [5.74, 6) is -1.37. The zero-order valence-electron chi connectivity index (χ0n) is 17.4. The smallest absolute Gasteiger partial charge is 0.348 e. The molecule has 0 bridgehead atoms. The topological polar surface area (TPSA) is 60.9 Å². The maximum Gasteiger partial charge on any atom is 0.348 e. The Hall–Kier alpha value is -2.38. The minimum atomic E-state index is -1.06. The van der Waals surface area contributed by atoms with Gasteiger partial charge in [-0.05, 0) is 62.8 Å². The highest BCUT2D eigenvalue weighted by molar-refractivity contribution is 7.18. The monoisotopic (exact) mass is 488 g/mol. The van der Waals surface area contributed by atoms with E-state index in [1.54, 1.807) is 17.0 Å². The lowest BCUT2D eigenvalue weighted by Gasteiger charge is -2.37. The van der Waals surface area contributed by atoms with E-state index in [1.807, 2.05) is 43.4 Å². The van der Waals surface area contributed by atoms with Crippen LogP contribution in [0.5, 0.6) is 0 Å². The Morgan fingerprint density at radius 2 is 1.75 bits per heavy atom. The molecule has 1 fully saturated rings. The van der Waals surface area contributed by atoms with Crippen LogP contribution in [0.25, 0.3) is 10.4 Å². The molecule has 1 aliphatic rings. The van der Waals surface area contributed by atoms with Crippen LogP contribution in [0, 0.1) is 0 Å². The molecule has 32 heavy (non-hydrogen) atoms. The van der Waals surface area contributed by atoms with Crippen molar-refractivity contribution < 1.29 is 14.7 Å². The summed E-state index contributed by atoms with van der Waals surface area (Å²) in [5, 5.41) is 10.7. The fraction of sp³-hybridized carbons (Fsp3) is 0.250. The second-order valence-corrected chi connectivity index (χ2v) is 9.73. The second-order valence-electron chi connectivity index (χ2n) is 7.83. The van der Waals surface area contributed by atoms with Gasteiger partial charge in [0.2, 0.25) is 0 Å². The summed E-state index contributed by atoms with van der Waals surface area (Å²) in [6.07, 6.45) is 1.48. The van der Waals surface area contributed by atoms with Crippen molar-refractivity contribution in [3.8, 4) is 10.4 Å². The first kappa shape index (κ1) is 22.8. The number of halogens is 2. The number of aromatic carboxylic acids is 1. The Kier molecular flexibility index (Phi) is 6.86. The third kappa shape index (κ3) is 4.69. The van der Waals surface area contributed by atoms with Crippen LogP contribution in [-0.4, -0.2) is 48.1 Å². The summed E-state index contributed by atoms with van der Waals surface area (Å²) in [4.78, 5) is 30.7. The highest BCUT2D eigenvalue weighted by atomic mass is 35.5. The van der Waals surface area contributed by atoms with Gasteiger partial charge in [-0.25, -0.2) is 4.79 Å². The Morgan fingerprint density at radius 3 is 2.38 bits per heavy atom. The molecule has 1 aromatic heterocycles. The minimum absolute atomic E-state index is 0.137. The van der Waals surface area contributed by atoms with Gasteiger partial charge in [0.05, 0.1) is 16.3 Å². The molecule has 0 atom stereocenters. The molecule has 1 amide bonds. The van der Waals surface area contributed by atoms with E-state index in [2.05, 4.69) is 4.90 Å². The van der Waals surface area contributed by atoms with Crippen molar-refractivity contribution in [2.24, 2.45) is 0 Å². The number of likely N-dealkylation sites (tertiary alicyclic amines) is 1. The Labute approximate surface area is 200 Å². The number of piperidine rings is 1. The summed E-state index contributed by atoms with van der Waals surface area (Å²) >= 11 is 13.6. The van der Waals surface area contributed by atoms with Gasteiger partial charge in [-0.2, -0.15) is 0 Å². The largest absolute Gasteiger partial charge is 0.477 e. The molecule has 5 nitrogen and oxygen atoms in total. The number of nitrogens with zero attached hydrogens (tertiary/aromatic N) is 2. The van der Waals surface area contributed by atoms with Crippen molar-refractivity contribution in [1.82, 2.24) is 4.90 Å². The third-order valence-corrected chi connectivity index (χ3v) is 7.37. The Bertz CT molecular complexity index is 1140. The Morgan fingerprint density at radius 1 is 1.06 bits per heavy atom. The predicted octanol–water partition coefficient (Wildman–Crippen LogP) is 6.16. The van der Waals surface area contributed by atoms with Gasteiger partial charge in [0, 0.05) is 15.9 Å². The van der Waals surface area contributed by atoms with E-state index >= 15 is 0 Å². The molecule has 2 heterocycles. The van der Waals surface area contributed by atoms with Crippen LogP contribution in [-0.2, 0) is 0 Å². The van der Waals surface area contributed by atoms with Gasteiger partial charge in [0.25, 0.3) is 5.91 Å². The average Bonchev–Trinajstić information content (AvgIpc) is 3.21. The van der Waals surface area contributed by atoms with Gasteiger partial charge in [0.1, 0.15) is 4.88 Å². The number of thiophene rings is 1. The second kappa shape index (κ2) is 9.63. The lowest BCUT2D eigenvalue weighted by atomic mass is 10.0. The van der Waals surface area contributed by atoms with Crippen molar-refractivity contribution in [3.05, 3.63) is 75.1 Å². The first-order valence-corrected chi connectivity index (χ1v) is 11.8. The standard InChI is InChI=1S/C24H22Cl2N2O3S/c1-27-11-9-17(10-12-27)28(23(29)18-8-7-16(25)13-19(18)26)20-14-21(32-22(20)24(30)31)15-5-3-2-4-6-15/h2-8,13-14,17H,9-12H2,1H3,(H,30,31). The van der Waals surface area contributed by atoms with E-state index in [4.69, 9.17) is 23.2 Å². The zero-order chi connectivity index (χ0) is 22.8. The van der Waals surface area contributed by atoms with E-state index in [1.165, 1.54) is 17.4 Å². The number of hydrogen-bond donors (Lipinski definition) is 1.